The number of carbonyl (C=O) groups is 1. The van der Waals surface area contributed by atoms with E-state index in [1.807, 2.05) is 36.5 Å². The summed E-state index contributed by atoms with van der Waals surface area (Å²) in [5.41, 5.74) is 9.83. The lowest BCUT2D eigenvalue weighted by Gasteiger charge is -2.36. The molecule has 0 saturated carbocycles. The topological polar surface area (TPSA) is 78.6 Å². The van der Waals surface area contributed by atoms with Gasteiger partial charge in [0.05, 0.1) is 6.54 Å². The number of rotatable bonds is 7. The van der Waals surface area contributed by atoms with Crippen LogP contribution in [0.4, 0.5) is 11.6 Å². The van der Waals surface area contributed by atoms with Crippen molar-refractivity contribution in [2.24, 2.45) is 5.73 Å². The number of halogens is 3. The lowest BCUT2D eigenvalue weighted by Crippen LogP contribution is -2.47. The molecule has 1 aliphatic rings. The van der Waals surface area contributed by atoms with Crippen LogP contribution in [0.1, 0.15) is 11.1 Å². The van der Waals surface area contributed by atoms with Gasteiger partial charge in [-0.1, -0.05) is 24.3 Å². The van der Waals surface area contributed by atoms with Crippen molar-refractivity contribution >= 4 is 54.8 Å². The van der Waals surface area contributed by atoms with Gasteiger partial charge in [0.15, 0.2) is 0 Å². The number of nitrogens with two attached hydrogens (primary N) is 1. The van der Waals surface area contributed by atoms with Gasteiger partial charge in [-0.3, -0.25) is 9.69 Å². The molecule has 3 heterocycles. The van der Waals surface area contributed by atoms with Crippen molar-refractivity contribution in [2.75, 3.05) is 49.6 Å². The van der Waals surface area contributed by atoms with E-state index in [0.29, 0.717) is 6.54 Å². The molecule has 1 aliphatic heterocycles. The van der Waals surface area contributed by atoms with Crippen LogP contribution in [0.25, 0.3) is 11.1 Å². The minimum atomic E-state index is -0.320. The van der Waals surface area contributed by atoms with Crippen LogP contribution in [0.3, 0.4) is 0 Å². The van der Waals surface area contributed by atoms with Crippen LogP contribution >= 0.6 is 37.2 Å². The molecular formula is C25H33Cl3N6O. The third-order valence-corrected chi connectivity index (χ3v) is 5.77. The van der Waals surface area contributed by atoms with Gasteiger partial charge in [-0.25, -0.2) is 9.97 Å². The lowest BCUT2D eigenvalue weighted by molar-refractivity contribution is -0.118. The molecule has 0 atom stereocenters. The first-order valence-corrected chi connectivity index (χ1v) is 10.9. The number of hydrogen-bond donors (Lipinski definition) is 1. The second-order valence-corrected chi connectivity index (χ2v) is 8.36. The van der Waals surface area contributed by atoms with Crippen LogP contribution < -0.4 is 15.5 Å². The zero-order chi connectivity index (χ0) is 22.5. The molecule has 190 valence electrons. The molecule has 0 aliphatic carbocycles. The lowest BCUT2D eigenvalue weighted by atomic mass is 10.0. The highest BCUT2D eigenvalue weighted by molar-refractivity contribution is 5.86. The number of nitrogens with zero attached hydrogens (tertiary/aromatic N) is 5. The van der Waals surface area contributed by atoms with Crippen molar-refractivity contribution in [3.05, 3.63) is 72.1 Å². The van der Waals surface area contributed by atoms with E-state index in [2.05, 4.69) is 58.1 Å². The largest absolute Gasteiger partial charge is 0.369 e. The number of amides is 1. The Bertz CT molecular complexity index is 1070. The van der Waals surface area contributed by atoms with Gasteiger partial charge in [0.25, 0.3) is 0 Å². The minimum Gasteiger partial charge on any atom is -0.369 e. The van der Waals surface area contributed by atoms with Crippen molar-refractivity contribution in [3.8, 4) is 11.1 Å². The minimum absolute atomic E-state index is 0. The first-order valence-electron chi connectivity index (χ1n) is 10.9. The number of benzene rings is 1. The van der Waals surface area contributed by atoms with E-state index in [9.17, 15) is 4.79 Å². The maximum Gasteiger partial charge on any atom is 0.231 e. The quantitative estimate of drug-likeness (QED) is 0.490. The van der Waals surface area contributed by atoms with Crippen molar-refractivity contribution in [3.63, 3.8) is 0 Å². The highest BCUT2D eigenvalue weighted by Crippen LogP contribution is 2.24. The Hall–Kier alpha value is -2.58. The maximum absolute atomic E-state index is 11.1. The zero-order valence-corrected chi connectivity index (χ0v) is 22.4. The third-order valence-electron chi connectivity index (χ3n) is 5.77. The van der Waals surface area contributed by atoms with Gasteiger partial charge in [-0.05, 0) is 54.9 Å². The van der Waals surface area contributed by atoms with E-state index in [1.54, 1.807) is 0 Å². The Morgan fingerprint density at radius 3 is 2.29 bits per heavy atom. The van der Waals surface area contributed by atoms with Crippen LogP contribution in [0.2, 0.25) is 0 Å². The number of aryl methyl sites for hydroxylation is 1. The summed E-state index contributed by atoms with van der Waals surface area (Å²) >= 11 is 0. The van der Waals surface area contributed by atoms with E-state index in [0.717, 1.165) is 54.5 Å². The van der Waals surface area contributed by atoms with Gasteiger partial charge >= 0.3 is 0 Å². The molecule has 1 fully saturated rings. The number of hydrogen-bond acceptors (Lipinski definition) is 6. The molecule has 10 heteroatoms. The summed E-state index contributed by atoms with van der Waals surface area (Å²) in [6, 6.07) is 16.6. The molecule has 0 spiro atoms. The van der Waals surface area contributed by atoms with E-state index < -0.39 is 0 Å². The Morgan fingerprint density at radius 1 is 0.943 bits per heavy atom. The molecule has 7 nitrogen and oxygen atoms in total. The van der Waals surface area contributed by atoms with E-state index in [4.69, 9.17) is 10.7 Å². The van der Waals surface area contributed by atoms with Crippen LogP contribution in [0.5, 0.6) is 0 Å². The summed E-state index contributed by atoms with van der Waals surface area (Å²) in [4.78, 5) is 27.0. The number of piperazine rings is 1. The van der Waals surface area contributed by atoms with Crippen LogP contribution in [-0.2, 0) is 11.3 Å². The Labute approximate surface area is 226 Å². The first kappa shape index (κ1) is 30.5. The van der Waals surface area contributed by atoms with Crippen LogP contribution in [0.15, 0.2) is 60.9 Å². The van der Waals surface area contributed by atoms with Crippen molar-refractivity contribution in [1.82, 2.24) is 14.9 Å². The Balaban J connectivity index is 0.00000204. The highest BCUT2D eigenvalue weighted by Gasteiger charge is 2.20. The second kappa shape index (κ2) is 14.1. The summed E-state index contributed by atoms with van der Waals surface area (Å²) in [6.45, 7) is 6.73. The normalized spacial score (nSPS) is 12.9. The van der Waals surface area contributed by atoms with Gasteiger partial charge < -0.3 is 15.5 Å². The fraction of sp³-hybridized carbons (Fsp3) is 0.320. The highest BCUT2D eigenvalue weighted by atomic mass is 35.5. The standard InChI is InChI=1S/C25H30N6O.3ClH/c1-19-5-4-10-27-25(19)31-13-11-30(12-14-31)24-9-8-22(16-28-24)21-7-3-6-20(15-21)17-29(2)18-23(26)32;;;/h3-10,15-16H,11-14,17-18H2,1-2H3,(H2,26,32);3*1H. The summed E-state index contributed by atoms with van der Waals surface area (Å²) in [7, 11) is 1.89. The van der Waals surface area contributed by atoms with E-state index >= 15 is 0 Å². The molecule has 1 saturated heterocycles. The summed E-state index contributed by atoms with van der Waals surface area (Å²) < 4.78 is 0. The number of primary amides is 1. The molecule has 1 aromatic carbocycles. The fourth-order valence-electron chi connectivity index (χ4n) is 4.18. The van der Waals surface area contributed by atoms with Gasteiger partial charge in [0.1, 0.15) is 11.6 Å². The molecule has 0 radical (unpaired) electrons. The van der Waals surface area contributed by atoms with Crippen molar-refractivity contribution < 1.29 is 4.79 Å². The number of carbonyl (C=O) groups excluding carboxylic acids is 1. The molecular weight excluding hydrogens is 507 g/mol. The average molecular weight is 540 g/mol. The number of pyridine rings is 2. The monoisotopic (exact) mass is 538 g/mol. The molecule has 2 aromatic heterocycles. The maximum atomic E-state index is 11.1. The van der Waals surface area contributed by atoms with Gasteiger partial charge in [-0.2, -0.15) is 0 Å². The third kappa shape index (κ3) is 7.97. The molecule has 1 amide bonds. The summed E-state index contributed by atoms with van der Waals surface area (Å²) in [6.07, 6.45) is 3.80. The van der Waals surface area contributed by atoms with Gasteiger partial charge in [0, 0.05) is 50.7 Å². The van der Waals surface area contributed by atoms with Crippen molar-refractivity contribution in [2.45, 2.75) is 13.5 Å². The number of anilines is 2. The predicted molar refractivity (Wildman–Crippen MR) is 150 cm³/mol. The molecule has 2 N–H and O–H groups in total. The molecule has 3 aromatic rings. The second-order valence-electron chi connectivity index (χ2n) is 8.36. The summed E-state index contributed by atoms with van der Waals surface area (Å²) in [5.74, 6) is 1.76. The molecule has 4 rings (SSSR count). The number of aromatic nitrogens is 2. The van der Waals surface area contributed by atoms with Gasteiger partial charge in [-0.15, -0.1) is 37.2 Å². The first-order chi connectivity index (χ1) is 15.5. The molecule has 0 unspecified atom stereocenters. The van der Waals surface area contributed by atoms with Gasteiger partial charge in [0.2, 0.25) is 5.91 Å². The molecule has 0 bridgehead atoms. The predicted octanol–water partition coefficient (Wildman–Crippen LogP) is 3.96. The van der Waals surface area contributed by atoms with E-state index in [-0.39, 0.29) is 49.7 Å². The summed E-state index contributed by atoms with van der Waals surface area (Å²) in [5, 5.41) is 0. The number of likely N-dealkylation sites (N-methyl/N-ethyl adjacent to an activating group) is 1. The smallest absolute Gasteiger partial charge is 0.231 e. The van der Waals surface area contributed by atoms with Crippen LogP contribution in [-0.4, -0.2) is 60.5 Å². The average Bonchev–Trinajstić information content (AvgIpc) is 2.79. The van der Waals surface area contributed by atoms with Crippen LogP contribution in [0, 0.1) is 6.92 Å². The van der Waals surface area contributed by atoms with E-state index in [1.165, 1.54) is 5.56 Å². The van der Waals surface area contributed by atoms with Crippen molar-refractivity contribution in [1.29, 1.82) is 0 Å². The Kier molecular flexibility index (Phi) is 12.3. The zero-order valence-electron chi connectivity index (χ0n) is 20.0. The Morgan fingerprint density at radius 2 is 1.66 bits per heavy atom. The SMILES string of the molecule is Cc1cccnc1N1CCN(c2ccc(-c3cccc(CN(C)CC(N)=O)c3)cn2)CC1.Cl.Cl.Cl. The molecule has 35 heavy (non-hydrogen) atoms. The fourth-order valence-corrected chi connectivity index (χ4v) is 4.18.